The van der Waals surface area contributed by atoms with Crippen LogP contribution in [-0.4, -0.2) is 44.0 Å². The Kier molecular flexibility index (Phi) is 8.16. The number of methoxy groups -OCH3 is 1. The maximum absolute atomic E-state index is 12.5. The highest BCUT2D eigenvalue weighted by Gasteiger charge is 2.13. The van der Waals surface area contributed by atoms with Gasteiger partial charge in [0.05, 0.1) is 13.7 Å². The smallest absolute Gasteiger partial charge is 0.242 e. The zero-order valence-corrected chi connectivity index (χ0v) is 16.2. The summed E-state index contributed by atoms with van der Waals surface area (Å²) in [5.74, 6) is 1.42. The molecule has 6 nitrogen and oxygen atoms in total. The van der Waals surface area contributed by atoms with Gasteiger partial charge < -0.3 is 20.3 Å². The van der Waals surface area contributed by atoms with Crippen LogP contribution >= 0.6 is 0 Å². The van der Waals surface area contributed by atoms with E-state index in [2.05, 4.69) is 15.6 Å². The first kappa shape index (κ1) is 20.3. The molecule has 6 heteroatoms. The van der Waals surface area contributed by atoms with Crippen LogP contribution in [0.2, 0.25) is 0 Å². The van der Waals surface area contributed by atoms with Crippen LogP contribution in [0.15, 0.2) is 59.6 Å². The van der Waals surface area contributed by atoms with Crippen LogP contribution in [0.1, 0.15) is 18.1 Å². The van der Waals surface area contributed by atoms with Gasteiger partial charge in [-0.15, -0.1) is 0 Å². The number of likely N-dealkylation sites (N-methyl/N-ethyl adjacent to an activating group) is 1. The quantitative estimate of drug-likeness (QED) is 0.555. The number of amides is 1. The minimum Gasteiger partial charge on any atom is -0.496 e. The molecule has 144 valence electrons. The lowest BCUT2D eigenvalue weighted by Gasteiger charge is -2.22. The molecular weight excluding hydrogens is 340 g/mol. The van der Waals surface area contributed by atoms with E-state index in [-0.39, 0.29) is 12.5 Å². The third-order valence-electron chi connectivity index (χ3n) is 4.22. The average Bonchev–Trinajstić information content (AvgIpc) is 2.72. The third-order valence-corrected chi connectivity index (χ3v) is 4.22. The molecule has 2 N–H and O–H groups in total. The molecule has 1 amide bonds. The van der Waals surface area contributed by atoms with Crippen molar-refractivity contribution in [1.29, 1.82) is 0 Å². The Balaban J connectivity index is 1.86. The number of carbonyl (C=O) groups excluding carboxylic acids is 1. The van der Waals surface area contributed by atoms with Crippen molar-refractivity contribution in [2.24, 2.45) is 4.99 Å². The van der Waals surface area contributed by atoms with Gasteiger partial charge in [-0.3, -0.25) is 9.79 Å². The fraction of sp³-hybridized carbons (Fsp3) is 0.333. The first-order valence-corrected chi connectivity index (χ1v) is 9.06. The van der Waals surface area contributed by atoms with Crippen molar-refractivity contribution in [2.45, 2.75) is 20.0 Å². The normalized spacial score (nSPS) is 11.0. The van der Waals surface area contributed by atoms with E-state index < -0.39 is 0 Å². The molecule has 27 heavy (non-hydrogen) atoms. The van der Waals surface area contributed by atoms with Gasteiger partial charge in [-0.2, -0.15) is 0 Å². The predicted octanol–water partition coefficient (Wildman–Crippen LogP) is 2.41. The number of hydrogen-bond acceptors (Lipinski definition) is 3. The number of benzene rings is 2. The van der Waals surface area contributed by atoms with E-state index in [1.807, 2.05) is 66.4 Å². The summed E-state index contributed by atoms with van der Waals surface area (Å²) in [4.78, 5) is 18.5. The van der Waals surface area contributed by atoms with Crippen molar-refractivity contribution in [3.05, 3.63) is 65.7 Å². The summed E-state index contributed by atoms with van der Waals surface area (Å²) in [6.07, 6.45) is 0. The number of hydrogen-bond donors (Lipinski definition) is 2. The molecule has 0 saturated heterocycles. The van der Waals surface area contributed by atoms with E-state index in [1.165, 1.54) is 0 Å². The monoisotopic (exact) mass is 368 g/mol. The highest BCUT2D eigenvalue weighted by molar-refractivity contribution is 5.86. The maximum atomic E-state index is 12.5. The van der Waals surface area contributed by atoms with E-state index in [0.717, 1.165) is 16.9 Å². The Morgan fingerprint density at radius 2 is 1.78 bits per heavy atom. The summed E-state index contributed by atoms with van der Waals surface area (Å²) in [6.45, 7) is 3.98. The average molecular weight is 368 g/mol. The molecule has 0 saturated carbocycles. The van der Waals surface area contributed by atoms with Gasteiger partial charge >= 0.3 is 0 Å². The summed E-state index contributed by atoms with van der Waals surface area (Å²) in [6, 6.07) is 17.8. The fourth-order valence-electron chi connectivity index (χ4n) is 2.70. The second kappa shape index (κ2) is 10.9. The molecule has 0 spiro atoms. The SMILES string of the molecule is CCN(Cc1ccccc1)C(=O)CNC(=NC)NCc1ccccc1OC. The molecule has 2 rings (SSSR count). The number of aliphatic imine (C=N–C) groups is 1. The summed E-state index contributed by atoms with van der Waals surface area (Å²) in [5, 5.41) is 6.29. The van der Waals surface area contributed by atoms with Crippen molar-refractivity contribution in [3.8, 4) is 5.75 Å². The number of rotatable bonds is 8. The van der Waals surface area contributed by atoms with Crippen LogP contribution in [0.4, 0.5) is 0 Å². The van der Waals surface area contributed by atoms with E-state index in [9.17, 15) is 4.79 Å². The second-order valence-corrected chi connectivity index (χ2v) is 5.98. The maximum Gasteiger partial charge on any atom is 0.242 e. The van der Waals surface area contributed by atoms with Gasteiger partial charge in [-0.05, 0) is 18.6 Å². The number of ether oxygens (including phenoxy) is 1. The molecule has 0 bridgehead atoms. The molecule has 0 unspecified atom stereocenters. The van der Waals surface area contributed by atoms with Crippen molar-refractivity contribution in [1.82, 2.24) is 15.5 Å². The highest BCUT2D eigenvalue weighted by atomic mass is 16.5. The van der Waals surface area contributed by atoms with Gasteiger partial charge in [-0.25, -0.2) is 0 Å². The second-order valence-electron chi connectivity index (χ2n) is 5.98. The van der Waals surface area contributed by atoms with Crippen molar-refractivity contribution >= 4 is 11.9 Å². The van der Waals surface area contributed by atoms with Gasteiger partial charge in [0.1, 0.15) is 5.75 Å². The number of nitrogens with zero attached hydrogens (tertiary/aromatic N) is 2. The van der Waals surface area contributed by atoms with Crippen LogP contribution in [0.5, 0.6) is 5.75 Å². The van der Waals surface area contributed by atoms with Crippen LogP contribution in [0.25, 0.3) is 0 Å². The summed E-state index contributed by atoms with van der Waals surface area (Å²) in [5.41, 5.74) is 2.14. The number of nitrogens with one attached hydrogen (secondary N) is 2. The fourth-order valence-corrected chi connectivity index (χ4v) is 2.70. The molecule has 0 aliphatic heterocycles. The Morgan fingerprint density at radius 3 is 2.44 bits per heavy atom. The van der Waals surface area contributed by atoms with Crippen molar-refractivity contribution < 1.29 is 9.53 Å². The van der Waals surface area contributed by atoms with E-state index in [4.69, 9.17) is 4.74 Å². The lowest BCUT2D eigenvalue weighted by molar-refractivity contribution is -0.130. The first-order chi connectivity index (χ1) is 13.2. The van der Waals surface area contributed by atoms with Crippen LogP contribution in [0.3, 0.4) is 0 Å². The Labute approximate surface area is 161 Å². The van der Waals surface area contributed by atoms with Crippen LogP contribution in [0, 0.1) is 0 Å². The lowest BCUT2D eigenvalue weighted by Crippen LogP contribution is -2.44. The number of guanidine groups is 1. The van der Waals surface area contributed by atoms with E-state index in [1.54, 1.807) is 14.2 Å². The van der Waals surface area contributed by atoms with Gasteiger partial charge in [0.2, 0.25) is 5.91 Å². The predicted molar refractivity (Wildman–Crippen MR) is 109 cm³/mol. The Morgan fingerprint density at radius 1 is 1.07 bits per heavy atom. The standard InChI is InChI=1S/C21H28N4O2/c1-4-25(16-17-10-6-5-7-11-17)20(26)15-24-21(22-2)23-14-18-12-8-9-13-19(18)27-3/h5-13H,4,14-16H2,1-3H3,(H2,22,23,24). The zero-order chi connectivity index (χ0) is 19.5. The van der Waals surface area contributed by atoms with Crippen molar-refractivity contribution in [3.63, 3.8) is 0 Å². The first-order valence-electron chi connectivity index (χ1n) is 9.06. The Hall–Kier alpha value is -3.02. The van der Waals surface area contributed by atoms with Gasteiger partial charge in [-0.1, -0.05) is 48.5 Å². The lowest BCUT2D eigenvalue weighted by atomic mass is 10.2. The van der Waals surface area contributed by atoms with Gasteiger partial charge in [0.25, 0.3) is 0 Å². The molecular formula is C21H28N4O2. The minimum absolute atomic E-state index is 0.0293. The van der Waals surface area contributed by atoms with E-state index >= 15 is 0 Å². The largest absolute Gasteiger partial charge is 0.496 e. The molecule has 0 fully saturated rings. The van der Waals surface area contributed by atoms with E-state index in [0.29, 0.717) is 25.6 Å². The minimum atomic E-state index is 0.0293. The topological polar surface area (TPSA) is 66.0 Å². The molecule has 0 aliphatic rings. The zero-order valence-electron chi connectivity index (χ0n) is 16.2. The third kappa shape index (κ3) is 6.33. The number of carbonyl (C=O) groups is 1. The molecule has 0 atom stereocenters. The van der Waals surface area contributed by atoms with Crippen LogP contribution in [-0.2, 0) is 17.9 Å². The number of para-hydroxylation sites is 1. The van der Waals surface area contributed by atoms with Crippen LogP contribution < -0.4 is 15.4 Å². The summed E-state index contributed by atoms with van der Waals surface area (Å²) >= 11 is 0. The summed E-state index contributed by atoms with van der Waals surface area (Å²) in [7, 11) is 3.33. The van der Waals surface area contributed by atoms with Crippen molar-refractivity contribution in [2.75, 3.05) is 27.2 Å². The highest BCUT2D eigenvalue weighted by Crippen LogP contribution is 2.16. The Bertz CT molecular complexity index is 747. The molecule has 2 aromatic carbocycles. The molecule has 0 aliphatic carbocycles. The molecule has 2 aromatic rings. The molecule has 0 heterocycles. The molecule has 0 radical (unpaired) electrons. The van der Waals surface area contributed by atoms with Gasteiger partial charge in [0, 0.05) is 32.2 Å². The molecule has 0 aromatic heterocycles. The van der Waals surface area contributed by atoms with Gasteiger partial charge in [0.15, 0.2) is 5.96 Å². The summed E-state index contributed by atoms with van der Waals surface area (Å²) < 4.78 is 5.35.